The summed E-state index contributed by atoms with van der Waals surface area (Å²) in [6.07, 6.45) is 0. The monoisotopic (exact) mass is 490 g/mol. The molecule has 0 saturated carbocycles. The molecule has 3 aromatic carbocycles. The zero-order valence-electron chi connectivity index (χ0n) is 17.2. The van der Waals surface area contributed by atoms with Crippen molar-refractivity contribution in [1.29, 1.82) is 5.26 Å². The van der Waals surface area contributed by atoms with E-state index in [0.717, 1.165) is 12.1 Å². The highest BCUT2D eigenvalue weighted by Gasteiger charge is 2.19. The van der Waals surface area contributed by atoms with Gasteiger partial charge in [-0.25, -0.2) is 22.1 Å². The van der Waals surface area contributed by atoms with Crippen molar-refractivity contribution in [1.82, 2.24) is 4.31 Å². The summed E-state index contributed by atoms with van der Waals surface area (Å²) in [7, 11) is -0.265. The van der Waals surface area contributed by atoms with E-state index in [0.29, 0.717) is 16.7 Å². The van der Waals surface area contributed by atoms with Gasteiger partial charge in [-0.2, -0.15) is 5.26 Å². The number of halogens is 3. The Labute approximate surface area is 196 Å². The molecule has 1 unspecified atom stereocenters. The van der Waals surface area contributed by atoms with Crippen LogP contribution in [0.3, 0.4) is 0 Å². The second-order valence-corrected chi connectivity index (χ2v) is 8.93. The van der Waals surface area contributed by atoms with Gasteiger partial charge >= 0.3 is 5.97 Å². The maximum atomic E-state index is 14.9. The number of nitriles is 1. The first-order chi connectivity index (χ1) is 15.7. The summed E-state index contributed by atoms with van der Waals surface area (Å²) in [5, 5.41) is 17.9. The van der Waals surface area contributed by atoms with Crippen LogP contribution in [0.25, 0.3) is 11.1 Å². The number of carboxylic acids is 1. The number of hydrogen-bond donors (Lipinski definition) is 1. The molecule has 33 heavy (non-hydrogen) atoms. The van der Waals surface area contributed by atoms with Gasteiger partial charge in [0.1, 0.15) is 28.4 Å². The van der Waals surface area contributed by atoms with Crippen molar-refractivity contribution in [3.05, 3.63) is 82.4 Å². The summed E-state index contributed by atoms with van der Waals surface area (Å²) in [5.74, 6) is -2.59. The fourth-order valence-electron chi connectivity index (χ4n) is 3.03. The van der Waals surface area contributed by atoms with E-state index in [9.17, 15) is 23.0 Å². The van der Waals surface area contributed by atoms with Gasteiger partial charge in [-0.1, -0.05) is 23.7 Å². The molecule has 0 aliphatic rings. The van der Waals surface area contributed by atoms with Crippen LogP contribution in [0, 0.1) is 23.0 Å². The third kappa shape index (κ3) is 5.93. The van der Waals surface area contributed by atoms with Gasteiger partial charge in [-0.3, -0.25) is 0 Å². The third-order valence-electron chi connectivity index (χ3n) is 4.57. The van der Waals surface area contributed by atoms with Gasteiger partial charge in [-0.15, -0.1) is 0 Å². The molecule has 1 N–H and O–H groups in total. The van der Waals surface area contributed by atoms with Crippen LogP contribution >= 0.6 is 11.6 Å². The third-order valence-corrected chi connectivity index (χ3v) is 6.21. The first kappa shape index (κ1) is 24.3. The van der Waals surface area contributed by atoms with Gasteiger partial charge in [0.25, 0.3) is 0 Å². The standard InChI is InChI=1S/C23H17ClF2N2O4S/c1-28(33(31)17-5-6-20(25)19(24)9-17)12-16-8-18(15-4-2-3-14(7-15)11-27)22(10-21(16)26)32-13-23(29)30/h2-10H,12-13H2,1H3,(H,29,30). The lowest BCUT2D eigenvalue weighted by Crippen LogP contribution is -2.21. The molecule has 170 valence electrons. The zero-order valence-corrected chi connectivity index (χ0v) is 18.8. The summed E-state index contributed by atoms with van der Waals surface area (Å²) < 4.78 is 47.7. The Morgan fingerprint density at radius 3 is 2.61 bits per heavy atom. The van der Waals surface area contributed by atoms with E-state index in [4.69, 9.17) is 21.4 Å². The number of hydrogen-bond acceptors (Lipinski definition) is 4. The fourth-order valence-corrected chi connectivity index (χ4v) is 4.29. The molecule has 0 fully saturated rings. The molecule has 0 aliphatic carbocycles. The van der Waals surface area contributed by atoms with Crippen molar-refractivity contribution < 1.29 is 27.6 Å². The molecule has 3 aromatic rings. The molecule has 10 heteroatoms. The second kappa shape index (κ2) is 10.5. The van der Waals surface area contributed by atoms with Gasteiger partial charge < -0.3 is 9.84 Å². The van der Waals surface area contributed by atoms with Gasteiger partial charge in [0.15, 0.2) is 6.61 Å². The van der Waals surface area contributed by atoms with Crippen LogP contribution in [-0.4, -0.2) is 33.2 Å². The molecule has 6 nitrogen and oxygen atoms in total. The average Bonchev–Trinajstić information content (AvgIpc) is 2.80. The predicted octanol–water partition coefficient (Wildman–Crippen LogP) is 4.77. The number of carbonyl (C=O) groups is 1. The number of rotatable bonds is 8. The van der Waals surface area contributed by atoms with E-state index in [1.54, 1.807) is 24.3 Å². The maximum absolute atomic E-state index is 14.9. The average molecular weight is 491 g/mol. The Morgan fingerprint density at radius 2 is 1.94 bits per heavy atom. The number of ether oxygens (including phenoxy) is 1. The summed E-state index contributed by atoms with van der Waals surface area (Å²) in [6, 6.07) is 14.6. The molecule has 0 aliphatic heterocycles. The molecule has 0 amide bonds. The first-order valence-corrected chi connectivity index (χ1v) is 10.9. The number of aliphatic carboxylic acids is 1. The Hall–Kier alpha value is -3.32. The van der Waals surface area contributed by atoms with Crippen LogP contribution in [0.1, 0.15) is 11.1 Å². The van der Waals surface area contributed by atoms with E-state index in [1.165, 1.54) is 29.6 Å². The number of carboxylic acid groups (broad SMARTS) is 1. The molecule has 0 spiro atoms. The summed E-state index contributed by atoms with van der Waals surface area (Å²) in [5.41, 5.74) is 1.40. The second-order valence-electron chi connectivity index (χ2n) is 6.93. The lowest BCUT2D eigenvalue weighted by Gasteiger charge is -2.19. The molecule has 0 saturated heterocycles. The largest absolute Gasteiger partial charge is 0.481 e. The SMILES string of the molecule is CN(Cc1cc(-c2cccc(C#N)c2)c(OCC(=O)O)cc1F)S(=O)c1ccc(F)c(Cl)c1. The minimum Gasteiger partial charge on any atom is -0.481 e. The summed E-state index contributed by atoms with van der Waals surface area (Å²) in [6.45, 7) is -0.781. The minimum absolute atomic E-state index is 0.0113. The molecular weight excluding hydrogens is 474 g/mol. The Balaban J connectivity index is 1.97. The maximum Gasteiger partial charge on any atom is 0.341 e. The van der Waals surface area contributed by atoms with E-state index in [1.807, 2.05) is 6.07 Å². The first-order valence-electron chi connectivity index (χ1n) is 9.45. The van der Waals surface area contributed by atoms with Crippen LogP contribution in [0.5, 0.6) is 5.75 Å². The van der Waals surface area contributed by atoms with Crippen LogP contribution < -0.4 is 4.74 Å². The van der Waals surface area contributed by atoms with Crippen molar-refractivity contribution in [3.63, 3.8) is 0 Å². The lowest BCUT2D eigenvalue weighted by molar-refractivity contribution is -0.139. The van der Waals surface area contributed by atoms with Crippen molar-refractivity contribution in [2.24, 2.45) is 0 Å². The van der Waals surface area contributed by atoms with E-state index in [-0.39, 0.29) is 27.8 Å². The van der Waals surface area contributed by atoms with Gasteiger partial charge in [0.2, 0.25) is 0 Å². The highest BCUT2D eigenvalue weighted by atomic mass is 35.5. The van der Waals surface area contributed by atoms with Crippen LogP contribution in [0.4, 0.5) is 8.78 Å². The summed E-state index contributed by atoms with van der Waals surface area (Å²) in [4.78, 5) is 11.2. The molecule has 0 radical (unpaired) electrons. The van der Waals surface area contributed by atoms with Crippen molar-refractivity contribution in [2.45, 2.75) is 11.4 Å². The van der Waals surface area contributed by atoms with Crippen molar-refractivity contribution in [3.8, 4) is 22.9 Å². The van der Waals surface area contributed by atoms with E-state index < -0.39 is 35.2 Å². The molecule has 3 rings (SSSR count). The summed E-state index contributed by atoms with van der Waals surface area (Å²) >= 11 is 5.76. The predicted molar refractivity (Wildman–Crippen MR) is 119 cm³/mol. The minimum atomic E-state index is -1.76. The topological polar surface area (TPSA) is 90.6 Å². The van der Waals surface area contributed by atoms with E-state index in [2.05, 4.69) is 0 Å². The molecule has 0 bridgehead atoms. The highest BCUT2D eigenvalue weighted by Crippen LogP contribution is 2.34. The molecule has 0 aromatic heterocycles. The van der Waals surface area contributed by atoms with Gasteiger partial charge in [0, 0.05) is 30.8 Å². The number of nitrogens with zero attached hydrogens (tertiary/aromatic N) is 2. The fraction of sp³-hybridized carbons (Fsp3) is 0.130. The molecule has 1 atom stereocenters. The molecular formula is C23H17ClF2N2O4S. The smallest absolute Gasteiger partial charge is 0.341 e. The van der Waals surface area contributed by atoms with Gasteiger partial charge in [-0.05, 0) is 42.0 Å². The molecule has 0 heterocycles. The van der Waals surface area contributed by atoms with Crippen LogP contribution in [0.2, 0.25) is 5.02 Å². The lowest BCUT2D eigenvalue weighted by atomic mass is 9.99. The van der Waals surface area contributed by atoms with Crippen molar-refractivity contribution in [2.75, 3.05) is 13.7 Å². The Bertz CT molecular complexity index is 1280. The van der Waals surface area contributed by atoms with Crippen LogP contribution in [0.15, 0.2) is 59.5 Å². The van der Waals surface area contributed by atoms with E-state index >= 15 is 0 Å². The highest BCUT2D eigenvalue weighted by molar-refractivity contribution is 7.82. The normalized spacial score (nSPS) is 11.8. The Morgan fingerprint density at radius 1 is 1.18 bits per heavy atom. The van der Waals surface area contributed by atoms with Gasteiger partial charge in [0.05, 0.1) is 21.6 Å². The quantitative estimate of drug-likeness (QED) is 0.491. The number of benzene rings is 3. The zero-order chi connectivity index (χ0) is 24.1. The van der Waals surface area contributed by atoms with Crippen molar-refractivity contribution >= 4 is 28.6 Å². The van der Waals surface area contributed by atoms with Crippen LogP contribution in [-0.2, 0) is 22.3 Å². The Kier molecular flexibility index (Phi) is 7.76.